The van der Waals surface area contributed by atoms with Crippen molar-refractivity contribution < 1.29 is 14.6 Å². The number of hydrazine groups is 1. The molecule has 0 saturated heterocycles. The molecule has 118 valence electrons. The zero-order valence-electron chi connectivity index (χ0n) is 12.7. The maximum Gasteiger partial charge on any atom is 0.268 e. The van der Waals surface area contributed by atoms with E-state index in [0.717, 1.165) is 19.5 Å². The second-order valence-corrected chi connectivity index (χ2v) is 5.02. The summed E-state index contributed by atoms with van der Waals surface area (Å²) in [5.41, 5.74) is 2.53. The summed E-state index contributed by atoms with van der Waals surface area (Å²) in [5.74, 6) is 5.31. The van der Waals surface area contributed by atoms with Gasteiger partial charge < -0.3 is 9.84 Å². The summed E-state index contributed by atoms with van der Waals surface area (Å²) in [4.78, 5) is 13.9. The Labute approximate surface area is 125 Å². The van der Waals surface area contributed by atoms with Crippen molar-refractivity contribution in [1.82, 2.24) is 10.3 Å². The summed E-state index contributed by atoms with van der Waals surface area (Å²) < 4.78 is 5.70. The molecule has 1 aromatic rings. The molecule has 0 aliphatic heterocycles. The molecule has 0 radical (unpaired) electrons. The number of nitrogens with one attached hydrogen (secondary N) is 1. The van der Waals surface area contributed by atoms with E-state index in [2.05, 4.69) is 24.2 Å². The Morgan fingerprint density at radius 3 is 2.71 bits per heavy atom. The van der Waals surface area contributed by atoms with Crippen molar-refractivity contribution in [3.8, 4) is 5.75 Å². The van der Waals surface area contributed by atoms with Crippen LogP contribution in [0.3, 0.4) is 0 Å². The van der Waals surface area contributed by atoms with Gasteiger partial charge in [-0.3, -0.25) is 15.1 Å². The third kappa shape index (κ3) is 5.71. The van der Waals surface area contributed by atoms with Crippen LogP contribution in [0.1, 0.15) is 30.6 Å². The molecule has 1 amide bonds. The highest BCUT2D eigenvalue weighted by atomic mass is 16.5. The van der Waals surface area contributed by atoms with E-state index < -0.39 is 0 Å². The summed E-state index contributed by atoms with van der Waals surface area (Å²) >= 11 is 0. The first kappa shape index (κ1) is 17.4. The van der Waals surface area contributed by atoms with Crippen LogP contribution in [0.4, 0.5) is 0 Å². The molecule has 0 aromatic heterocycles. The minimum absolute atomic E-state index is 0.184. The number of aliphatic hydroxyl groups excluding tert-OH is 1. The molecule has 21 heavy (non-hydrogen) atoms. The Morgan fingerprint density at radius 1 is 1.38 bits per heavy atom. The predicted molar refractivity (Wildman–Crippen MR) is 82.0 cm³/mol. The number of benzene rings is 1. The largest absolute Gasteiger partial charge is 0.491 e. The zero-order valence-corrected chi connectivity index (χ0v) is 12.7. The van der Waals surface area contributed by atoms with Gasteiger partial charge in [0.1, 0.15) is 12.4 Å². The fourth-order valence-electron chi connectivity index (χ4n) is 2.03. The Hall–Kier alpha value is -1.63. The molecule has 0 spiro atoms. The second kappa shape index (κ2) is 9.33. The summed E-state index contributed by atoms with van der Waals surface area (Å²) in [6.45, 7) is 6.42. The van der Waals surface area contributed by atoms with Crippen molar-refractivity contribution in [3.63, 3.8) is 0 Å². The second-order valence-electron chi connectivity index (χ2n) is 5.02. The van der Waals surface area contributed by atoms with E-state index in [-0.39, 0.29) is 12.5 Å². The van der Waals surface area contributed by atoms with E-state index in [1.54, 1.807) is 18.2 Å². The highest BCUT2D eigenvalue weighted by molar-refractivity contribution is 5.96. The SMILES string of the molecule is CC(C)N(CCCO)CCOc1ccccc1C(=O)NN. The number of nitrogens with zero attached hydrogens (tertiary/aromatic N) is 1. The normalized spacial score (nSPS) is 11.0. The van der Waals surface area contributed by atoms with Gasteiger partial charge in [0.05, 0.1) is 5.56 Å². The van der Waals surface area contributed by atoms with Gasteiger partial charge in [0.2, 0.25) is 0 Å². The molecule has 0 saturated carbocycles. The van der Waals surface area contributed by atoms with Crippen LogP contribution >= 0.6 is 0 Å². The van der Waals surface area contributed by atoms with Gasteiger partial charge in [-0.1, -0.05) is 12.1 Å². The molecule has 4 N–H and O–H groups in total. The lowest BCUT2D eigenvalue weighted by Gasteiger charge is -2.26. The first-order valence-electron chi connectivity index (χ1n) is 7.17. The van der Waals surface area contributed by atoms with E-state index in [1.807, 2.05) is 6.07 Å². The number of nitrogens with two attached hydrogens (primary N) is 1. The number of rotatable bonds is 9. The van der Waals surface area contributed by atoms with Gasteiger partial charge in [-0.05, 0) is 32.4 Å². The molecule has 0 atom stereocenters. The molecule has 0 bridgehead atoms. The van der Waals surface area contributed by atoms with Crippen LogP contribution in [-0.4, -0.2) is 48.3 Å². The summed E-state index contributed by atoms with van der Waals surface area (Å²) in [7, 11) is 0. The molecule has 0 aliphatic carbocycles. The third-order valence-corrected chi connectivity index (χ3v) is 3.23. The van der Waals surface area contributed by atoms with Gasteiger partial charge in [0.15, 0.2) is 0 Å². The third-order valence-electron chi connectivity index (χ3n) is 3.23. The van der Waals surface area contributed by atoms with Crippen molar-refractivity contribution in [2.24, 2.45) is 5.84 Å². The predicted octanol–water partition coefficient (Wildman–Crippen LogP) is 0.762. The molecule has 1 aromatic carbocycles. The Morgan fingerprint density at radius 2 is 2.10 bits per heavy atom. The molecule has 6 heteroatoms. The number of amides is 1. The van der Waals surface area contributed by atoms with E-state index in [9.17, 15) is 4.79 Å². The summed E-state index contributed by atoms with van der Waals surface area (Å²) in [6, 6.07) is 7.37. The molecule has 0 unspecified atom stereocenters. The lowest BCUT2D eigenvalue weighted by Crippen LogP contribution is -2.36. The van der Waals surface area contributed by atoms with Crippen LogP contribution in [0.2, 0.25) is 0 Å². The van der Waals surface area contributed by atoms with E-state index in [0.29, 0.717) is 24.0 Å². The smallest absolute Gasteiger partial charge is 0.268 e. The van der Waals surface area contributed by atoms with Crippen LogP contribution in [0, 0.1) is 0 Å². The molecule has 1 rings (SSSR count). The maximum atomic E-state index is 11.6. The fraction of sp³-hybridized carbons (Fsp3) is 0.533. The monoisotopic (exact) mass is 295 g/mol. The number of carbonyl (C=O) groups excluding carboxylic acids is 1. The van der Waals surface area contributed by atoms with Crippen LogP contribution in [0.15, 0.2) is 24.3 Å². The molecule has 0 fully saturated rings. The molecule has 0 heterocycles. The van der Waals surface area contributed by atoms with Crippen molar-refractivity contribution >= 4 is 5.91 Å². The number of hydrogen-bond acceptors (Lipinski definition) is 5. The van der Waals surface area contributed by atoms with E-state index >= 15 is 0 Å². The highest BCUT2D eigenvalue weighted by Crippen LogP contribution is 2.17. The number of ether oxygens (including phenoxy) is 1. The standard InChI is InChI=1S/C15H25N3O3/c1-12(2)18(8-5-10-19)9-11-21-14-7-4-3-6-13(14)15(20)17-16/h3-4,6-7,12,19H,5,8-11,16H2,1-2H3,(H,17,20). The summed E-state index contributed by atoms with van der Waals surface area (Å²) in [6.07, 6.45) is 0.740. The number of hydrogen-bond donors (Lipinski definition) is 3. The van der Waals surface area contributed by atoms with Gasteiger partial charge in [-0.25, -0.2) is 5.84 Å². The molecular weight excluding hydrogens is 270 g/mol. The van der Waals surface area contributed by atoms with E-state index in [4.69, 9.17) is 15.7 Å². The Balaban J connectivity index is 2.56. The lowest BCUT2D eigenvalue weighted by molar-refractivity contribution is 0.0947. The summed E-state index contributed by atoms with van der Waals surface area (Å²) in [5, 5.41) is 8.91. The topological polar surface area (TPSA) is 87.8 Å². The van der Waals surface area contributed by atoms with Crippen LogP contribution < -0.4 is 16.0 Å². The van der Waals surface area contributed by atoms with Crippen molar-refractivity contribution in [1.29, 1.82) is 0 Å². The quantitative estimate of drug-likeness (QED) is 0.356. The highest BCUT2D eigenvalue weighted by Gasteiger charge is 2.12. The van der Waals surface area contributed by atoms with Crippen LogP contribution in [0.5, 0.6) is 5.75 Å². The lowest BCUT2D eigenvalue weighted by atomic mass is 10.2. The average molecular weight is 295 g/mol. The van der Waals surface area contributed by atoms with Gasteiger partial charge in [0, 0.05) is 25.7 Å². The van der Waals surface area contributed by atoms with Crippen LogP contribution in [-0.2, 0) is 0 Å². The number of carbonyl (C=O) groups is 1. The minimum Gasteiger partial charge on any atom is -0.491 e. The molecular formula is C15H25N3O3. The van der Waals surface area contributed by atoms with Gasteiger partial charge in [-0.15, -0.1) is 0 Å². The van der Waals surface area contributed by atoms with Gasteiger partial charge in [0.25, 0.3) is 5.91 Å². The molecule has 0 aliphatic rings. The zero-order chi connectivity index (χ0) is 15.7. The van der Waals surface area contributed by atoms with Gasteiger partial charge >= 0.3 is 0 Å². The van der Waals surface area contributed by atoms with Gasteiger partial charge in [-0.2, -0.15) is 0 Å². The first-order chi connectivity index (χ1) is 10.1. The number of aliphatic hydroxyl groups is 1. The van der Waals surface area contributed by atoms with Crippen molar-refractivity contribution in [2.75, 3.05) is 26.3 Å². The van der Waals surface area contributed by atoms with Crippen molar-refractivity contribution in [3.05, 3.63) is 29.8 Å². The van der Waals surface area contributed by atoms with E-state index in [1.165, 1.54) is 0 Å². The molecule has 6 nitrogen and oxygen atoms in total. The maximum absolute atomic E-state index is 11.6. The Kier molecular flexibility index (Phi) is 7.74. The average Bonchev–Trinajstić information content (AvgIpc) is 2.50. The number of nitrogen functional groups attached to an aromatic ring is 1. The van der Waals surface area contributed by atoms with Crippen molar-refractivity contribution in [2.45, 2.75) is 26.3 Å². The van der Waals surface area contributed by atoms with Crippen LogP contribution in [0.25, 0.3) is 0 Å². The fourth-order valence-corrected chi connectivity index (χ4v) is 2.03. The first-order valence-corrected chi connectivity index (χ1v) is 7.17. The minimum atomic E-state index is -0.369. The Bertz CT molecular complexity index is 438. The number of para-hydroxylation sites is 1.